The number of rotatable bonds is 8. The van der Waals surface area contributed by atoms with Gasteiger partial charge in [-0.1, -0.05) is 23.8 Å². The largest absolute Gasteiger partial charge is 0.454 e. The average Bonchev–Trinajstić information content (AvgIpc) is 3.67. The van der Waals surface area contributed by atoms with Gasteiger partial charge in [-0.2, -0.15) is 9.78 Å². The maximum absolute atomic E-state index is 13.7. The molecule has 10 nitrogen and oxygen atoms in total. The zero-order valence-corrected chi connectivity index (χ0v) is 21.9. The number of nitrogens with zero attached hydrogens (tertiary/aromatic N) is 2. The van der Waals surface area contributed by atoms with Crippen LogP contribution >= 0.6 is 0 Å². The van der Waals surface area contributed by atoms with Crippen molar-refractivity contribution in [3.05, 3.63) is 94.4 Å². The van der Waals surface area contributed by atoms with Crippen LogP contribution in [0.4, 0.5) is 11.4 Å². The number of nitrogens with one attached hydrogen (secondary N) is 2. The van der Waals surface area contributed by atoms with Gasteiger partial charge in [0.25, 0.3) is 11.5 Å². The van der Waals surface area contributed by atoms with E-state index < -0.39 is 5.56 Å². The molecular formula is C30H28N4O6. The molecule has 1 aromatic heterocycles. The molecule has 10 heteroatoms. The fourth-order valence-corrected chi connectivity index (χ4v) is 4.56. The third-order valence-electron chi connectivity index (χ3n) is 6.70. The van der Waals surface area contributed by atoms with Crippen LogP contribution in [0.2, 0.25) is 0 Å². The standard InChI is InChI=1S/C30H28N4O6/c1-19-7-9-22(10-8-19)34-30(36)28(27(17-32-34)40-23-11-12-25-26(15-23)39-18-38-25)33-21-5-2-4-20(14-21)29(35)31-16-24-6-3-13-37-24/h2,4-5,7-12,14-15,17,24,33H,3,6,13,16,18H2,1H3,(H,31,35)/t24-/m1/s1. The number of hydrogen-bond donors (Lipinski definition) is 2. The second-order valence-corrected chi connectivity index (χ2v) is 9.60. The summed E-state index contributed by atoms with van der Waals surface area (Å²) < 4.78 is 23.8. The highest BCUT2D eigenvalue weighted by Gasteiger charge is 2.20. The van der Waals surface area contributed by atoms with E-state index in [1.165, 1.54) is 10.9 Å². The van der Waals surface area contributed by atoms with Crippen LogP contribution in [0.1, 0.15) is 28.8 Å². The predicted octanol–water partition coefficient (Wildman–Crippen LogP) is 4.71. The third kappa shape index (κ3) is 5.48. The Hall–Kier alpha value is -4.83. The summed E-state index contributed by atoms with van der Waals surface area (Å²) in [5.41, 5.74) is 2.40. The summed E-state index contributed by atoms with van der Waals surface area (Å²) in [5.74, 6) is 1.61. The molecule has 1 saturated heterocycles. The SMILES string of the molecule is Cc1ccc(-n2ncc(Oc3ccc4c(c3)OCO4)c(Nc3cccc(C(=O)NC[C@H]4CCCO4)c3)c2=O)cc1. The number of hydrogen-bond acceptors (Lipinski definition) is 8. The molecule has 0 saturated carbocycles. The maximum Gasteiger partial charge on any atom is 0.299 e. The first kappa shape index (κ1) is 25.4. The molecule has 2 aliphatic heterocycles. The molecule has 1 atom stereocenters. The molecule has 0 aliphatic carbocycles. The minimum absolute atomic E-state index is 0.0400. The number of carbonyl (C=O) groups excluding carboxylic acids is 1. The molecule has 6 rings (SSSR count). The Bertz CT molecular complexity index is 1600. The second-order valence-electron chi connectivity index (χ2n) is 9.60. The molecule has 1 amide bonds. The van der Waals surface area contributed by atoms with Crippen molar-refractivity contribution < 1.29 is 23.7 Å². The molecule has 204 valence electrons. The molecular weight excluding hydrogens is 512 g/mol. The van der Waals surface area contributed by atoms with Crippen LogP contribution in [0, 0.1) is 6.92 Å². The molecule has 0 bridgehead atoms. The number of aryl methyl sites for hydroxylation is 1. The van der Waals surface area contributed by atoms with Crippen molar-refractivity contribution in [2.75, 3.05) is 25.3 Å². The first-order chi connectivity index (χ1) is 19.5. The molecule has 40 heavy (non-hydrogen) atoms. The molecule has 2 N–H and O–H groups in total. The van der Waals surface area contributed by atoms with E-state index in [0.29, 0.717) is 40.7 Å². The molecule has 3 heterocycles. The fraction of sp³-hybridized carbons (Fsp3) is 0.233. The van der Waals surface area contributed by atoms with Gasteiger partial charge in [0.05, 0.1) is 18.0 Å². The molecule has 0 radical (unpaired) electrons. The van der Waals surface area contributed by atoms with E-state index >= 15 is 0 Å². The number of amides is 1. The molecule has 0 unspecified atom stereocenters. The highest BCUT2D eigenvalue weighted by atomic mass is 16.7. The molecule has 0 spiro atoms. The number of benzene rings is 3. The van der Waals surface area contributed by atoms with E-state index in [0.717, 1.165) is 25.0 Å². The van der Waals surface area contributed by atoms with Gasteiger partial charge in [-0.3, -0.25) is 9.59 Å². The predicted molar refractivity (Wildman–Crippen MR) is 148 cm³/mol. The Morgan fingerprint density at radius 2 is 1.93 bits per heavy atom. The topological polar surface area (TPSA) is 113 Å². The fourth-order valence-electron chi connectivity index (χ4n) is 4.56. The summed E-state index contributed by atoms with van der Waals surface area (Å²) in [4.78, 5) is 26.6. The van der Waals surface area contributed by atoms with Gasteiger partial charge in [0, 0.05) is 30.5 Å². The highest BCUT2D eigenvalue weighted by molar-refractivity contribution is 5.95. The smallest absolute Gasteiger partial charge is 0.299 e. The number of aromatic nitrogens is 2. The van der Waals surface area contributed by atoms with Crippen molar-refractivity contribution in [1.29, 1.82) is 0 Å². The quantitative estimate of drug-likeness (QED) is 0.330. The van der Waals surface area contributed by atoms with Gasteiger partial charge in [0.1, 0.15) is 5.75 Å². The van der Waals surface area contributed by atoms with Crippen molar-refractivity contribution in [1.82, 2.24) is 15.1 Å². The van der Waals surface area contributed by atoms with Crippen LogP contribution in [0.3, 0.4) is 0 Å². The zero-order chi connectivity index (χ0) is 27.5. The molecule has 2 aliphatic rings. The highest BCUT2D eigenvalue weighted by Crippen LogP contribution is 2.37. The van der Waals surface area contributed by atoms with Crippen LogP contribution < -0.4 is 30.4 Å². The van der Waals surface area contributed by atoms with E-state index in [1.54, 1.807) is 42.5 Å². The van der Waals surface area contributed by atoms with Crippen LogP contribution in [0.25, 0.3) is 5.69 Å². The van der Waals surface area contributed by atoms with E-state index in [1.807, 2.05) is 31.2 Å². The summed E-state index contributed by atoms with van der Waals surface area (Å²) in [5, 5.41) is 10.5. The van der Waals surface area contributed by atoms with Crippen molar-refractivity contribution in [3.8, 4) is 28.7 Å². The summed E-state index contributed by atoms with van der Waals surface area (Å²) in [6.07, 6.45) is 3.45. The summed E-state index contributed by atoms with van der Waals surface area (Å²) in [7, 11) is 0. The normalized spacial score (nSPS) is 15.6. The third-order valence-corrected chi connectivity index (χ3v) is 6.70. The molecule has 4 aromatic rings. The summed E-state index contributed by atoms with van der Waals surface area (Å²) >= 11 is 0. The number of fused-ring (bicyclic) bond motifs is 1. The summed E-state index contributed by atoms with van der Waals surface area (Å²) in [6, 6.07) is 19.6. The van der Waals surface area contributed by atoms with E-state index in [9.17, 15) is 9.59 Å². The molecule has 1 fully saturated rings. The molecule has 3 aromatic carbocycles. The van der Waals surface area contributed by atoms with Crippen molar-refractivity contribution in [2.24, 2.45) is 0 Å². The first-order valence-corrected chi connectivity index (χ1v) is 13.1. The maximum atomic E-state index is 13.7. The lowest BCUT2D eigenvalue weighted by molar-refractivity contribution is 0.0858. The Morgan fingerprint density at radius 3 is 2.75 bits per heavy atom. The monoisotopic (exact) mass is 540 g/mol. The first-order valence-electron chi connectivity index (χ1n) is 13.1. The Labute approximate surface area is 230 Å². The second kappa shape index (κ2) is 11.1. The zero-order valence-electron chi connectivity index (χ0n) is 21.9. The van der Waals surface area contributed by atoms with Crippen LogP contribution in [0.15, 0.2) is 77.7 Å². The van der Waals surface area contributed by atoms with Crippen molar-refractivity contribution in [3.63, 3.8) is 0 Å². The van der Waals surface area contributed by atoms with Crippen LogP contribution in [0.5, 0.6) is 23.0 Å². The van der Waals surface area contributed by atoms with Crippen LogP contribution in [-0.4, -0.2) is 41.7 Å². The lowest BCUT2D eigenvalue weighted by Crippen LogP contribution is -2.31. The van der Waals surface area contributed by atoms with Gasteiger partial charge in [-0.15, -0.1) is 0 Å². The van der Waals surface area contributed by atoms with E-state index in [4.69, 9.17) is 18.9 Å². The van der Waals surface area contributed by atoms with Crippen molar-refractivity contribution >= 4 is 17.3 Å². The van der Waals surface area contributed by atoms with Gasteiger partial charge in [-0.05, 0) is 62.2 Å². The Kier molecular flexibility index (Phi) is 7.07. The Balaban J connectivity index is 1.31. The Morgan fingerprint density at radius 1 is 1.07 bits per heavy atom. The van der Waals surface area contributed by atoms with Gasteiger partial charge < -0.3 is 29.6 Å². The number of carbonyl (C=O) groups is 1. The van der Waals surface area contributed by atoms with E-state index in [-0.39, 0.29) is 30.2 Å². The lowest BCUT2D eigenvalue weighted by atomic mass is 10.1. The van der Waals surface area contributed by atoms with Crippen LogP contribution in [-0.2, 0) is 4.74 Å². The number of anilines is 2. The number of ether oxygens (including phenoxy) is 4. The van der Waals surface area contributed by atoms with Gasteiger partial charge in [0.15, 0.2) is 22.9 Å². The lowest BCUT2D eigenvalue weighted by Gasteiger charge is -2.15. The van der Waals surface area contributed by atoms with Gasteiger partial charge in [-0.25, -0.2) is 0 Å². The average molecular weight is 541 g/mol. The minimum Gasteiger partial charge on any atom is -0.454 e. The van der Waals surface area contributed by atoms with E-state index in [2.05, 4.69) is 15.7 Å². The summed E-state index contributed by atoms with van der Waals surface area (Å²) in [6.45, 7) is 3.29. The van der Waals surface area contributed by atoms with Gasteiger partial charge in [0.2, 0.25) is 6.79 Å². The minimum atomic E-state index is -0.421. The van der Waals surface area contributed by atoms with Gasteiger partial charge >= 0.3 is 0 Å². The van der Waals surface area contributed by atoms with Crippen molar-refractivity contribution in [2.45, 2.75) is 25.9 Å².